The molecule has 0 fully saturated rings. The van der Waals surface area contributed by atoms with Crippen molar-refractivity contribution in [1.29, 1.82) is 0 Å². The third kappa shape index (κ3) is 1.42. The summed E-state index contributed by atoms with van der Waals surface area (Å²) in [7, 11) is 0. The number of allylic oxidation sites excluding steroid dienone is 3. The highest BCUT2D eigenvalue weighted by Gasteiger charge is 2.20. The zero-order valence-electron chi connectivity index (χ0n) is 7.18. The molecule has 0 bridgehead atoms. The lowest BCUT2D eigenvalue weighted by atomic mass is 9.92. The van der Waals surface area contributed by atoms with Crippen LogP contribution >= 0.6 is 0 Å². The van der Waals surface area contributed by atoms with E-state index in [1.165, 1.54) is 12.2 Å². The maximum atomic E-state index is 10.9. The fourth-order valence-corrected chi connectivity index (χ4v) is 1.38. The van der Waals surface area contributed by atoms with Crippen LogP contribution in [0.5, 0.6) is 0 Å². The van der Waals surface area contributed by atoms with Gasteiger partial charge in [0.05, 0.1) is 11.3 Å². The number of amides is 1. The molecule has 70 valence electrons. The third-order valence-corrected chi connectivity index (χ3v) is 2.07. The van der Waals surface area contributed by atoms with E-state index in [0.29, 0.717) is 5.71 Å². The van der Waals surface area contributed by atoms with Crippen molar-refractivity contribution in [3.8, 4) is 0 Å². The van der Waals surface area contributed by atoms with E-state index in [1.807, 2.05) is 0 Å². The Labute approximate surface area is 80.0 Å². The molecule has 0 saturated heterocycles. The van der Waals surface area contributed by atoms with Gasteiger partial charge in [0, 0.05) is 12.0 Å². The van der Waals surface area contributed by atoms with Gasteiger partial charge >= 0.3 is 5.97 Å². The Kier molecular flexibility index (Phi) is 1.89. The number of fused-ring (bicyclic) bond motifs is 1. The molecule has 1 heterocycles. The average Bonchev–Trinajstić information content (AvgIpc) is 2.16. The third-order valence-electron chi connectivity index (χ3n) is 2.07. The minimum Gasteiger partial charge on any atom is -0.478 e. The highest BCUT2D eigenvalue weighted by Crippen LogP contribution is 2.19. The second-order valence-electron chi connectivity index (χ2n) is 3.02. The van der Waals surface area contributed by atoms with Crippen molar-refractivity contribution in [3.05, 3.63) is 36.0 Å². The van der Waals surface area contributed by atoms with Crippen LogP contribution in [0.15, 0.2) is 40.9 Å². The van der Waals surface area contributed by atoms with Crippen LogP contribution in [-0.2, 0) is 9.59 Å². The molecule has 14 heavy (non-hydrogen) atoms. The van der Waals surface area contributed by atoms with Crippen molar-refractivity contribution in [3.63, 3.8) is 0 Å². The fraction of sp³-hybridized carbons (Fsp3) is 0.100. The fourth-order valence-electron chi connectivity index (χ4n) is 1.38. The highest BCUT2D eigenvalue weighted by molar-refractivity contribution is 6.12. The van der Waals surface area contributed by atoms with Gasteiger partial charge in [-0.05, 0) is 12.2 Å². The van der Waals surface area contributed by atoms with Gasteiger partial charge in [-0.15, -0.1) is 0 Å². The van der Waals surface area contributed by atoms with Crippen molar-refractivity contribution in [2.45, 2.75) is 0 Å². The van der Waals surface area contributed by atoms with Crippen molar-refractivity contribution < 1.29 is 14.7 Å². The molecule has 0 radical (unpaired) electrons. The summed E-state index contributed by atoms with van der Waals surface area (Å²) >= 11 is 0. The lowest BCUT2D eigenvalue weighted by Crippen LogP contribution is -2.18. The summed E-state index contributed by atoms with van der Waals surface area (Å²) in [5, 5.41) is 8.73. The maximum Gasteiger partial charge on any atom is 0.335 e. The second-order valence-corrected chi connectivity index (χ2v) is 3.02. The van der Waals surface area contributed by atoms with E-state index in [-0.39, 0.29) is 17.4 Å². The first-order valence-corrected chi connectivity index (χ1v) is 4.11. The first-order valence-electron chi connectivity index (χ1n) is 4.11. The lowest BCUT2D eigenvalue weighted by Gasteiger charge is -2.15. The Hall–Kier alpha value is -1.97. The van der Waals surface area contributed by atoms with Gasteiger partial charge in [-0.3, -0.25) is 4.79 Å². The van der Waals surface area contributed by atoms with Gasteiger partial charge in [0.1, 0.15) is 0 Å². The Morgan fingerprint density at radius 1 is 1.36 bits per heavy atom. The van der Waals surface area contributed by atoms with Gasteiger partial charge < -0.3 is 5.11 Å². The minimum absolute atomic E-state index is 0.177. The molecule has 0 aromatic heterocycles. The van der Waals surface area contributed by atoms with Gasteiger partial charge in [0.25, 0.3) is 5.91 Å². The molecule has 4 nitrogen and oxygen atoms in total. The summed E-state index contributed by atoms with van der Waals surface area (Å²) in [4.78, 5) is 25.3. The molecule has 1 N–H and O–H groups in total. The number of hydrogen-bond donors (Lipinski definition) is 1. The molecule has 1 atom stereocenters. The second kappa shape index (κ2) is 3.06. The van der Waals surface area contributed by atoms with Crippen molar-refractivity contribution in [2.75, 3.05) is 0 Å². The van der Waals surface area contributed by atoms with Gasteiger partial charge in [-0.1, -0.05) is 12.2 Å². The van der Waals surface area contributed by atoms with Crippen LogP contribution in [0.25, 0.3) is 0 Å². The molecule has 0 spiro atoms. The van der Waals surface area contributed by atoms with E-state index < -0.39 is 5.97 Å². The number of carbonyl (C=O) groups is 2. The van der Waals surface area contributed by atoms with Crippen molar-refractivity contribution in [1.82, 2.24) is 0 Å². The Morgan fingerprint density at radius 2 is 2.14 bits per heavy atom. The normalized spacial score (nSPS) is 24.0. The van der Waals surface area contributed by atoms with Gasteiger partial charge in [0.15, 0.2) is 0 Å². The minimum atomic E-state index is -0.967. The van der Waals surface area contributed by atoms with Crippen LogP contribution in [-0.4, -0.2) is 22.7 Å². The first-order chi connectivity index (χ1) is 6.66. The summed E-state index contributed by atoms with van der Waals surface area (Å²) in [6.45, 7) is 0. The summed E-state index contributed by atoms with van der Waals surface area (Å²) in [6.07, 6.45) is 7.59. The molecule has 0 aromatic rings. The van der Waals surface area contributed by atoms with Crippen LogP contribution < -0.4 is 0 Å². The number of nitrogens with zero attached hydrogens (tertiary/aromatic N) is 1. The monoisotopic (exact) mass is 189 g/mol. The maximum absolute atomic E-state index is 10.9. The van der Waals surface area contributed by atoms with Crippen LogP contribution in [0.2, 0.25) is 0 Å². The quantitative estimate of drug-likeness (QED) is 0.660. The number of hydrogen-bond acceptors (Lipinski definition) is 2. The van der Waals surface area contributed by atoms with E-state index in [0.717, 1.165) is 0 Å². The summed E-state index contributed by atoms with van der Waals surface area (Å²) in [5.41, 5.74) is 0.829. The summed E-state index contributed by atoms with van der Waals surface area (Å²) in [6, 6.07) is 0. The molecule has 1 amide bonds. The van der Waals surface area contributed by atoms with Crippen LogP contribution in [0.3, 0.4) is 0 Å². The molecule has 1 aliphatic carbocycles. The molecule has 1 unspecified atom stereocenters. The predicted molar refractivity (Wildman–Crippen MR) is 49.9 cm³/mol. The molecular formula is C10H7NO3. The Morgan fingerprint density at radius 3 is 2.86 bits per heavy atom. The smallest absolute Gasteiger partial charge is 0.335 e. The van der Waals surface area contributed by atoms with Gasteiger partial charge in [-0.2, -0.15) is 0 Å². The number of dihydropyridines is 1. The van der Waals surface area contributed by atoms with E-state index in [2.05, 4.69) is 4.99 Å². The molecule has 4 heteroatoms. The zero-order valence-corrected chi connectivity index (χ0v) is 7.18. The standard InChI is InChI=1S/C10H7NO3/c12-9-4-2-6-5-7(10(13)14)1-3-8(6)11-9/h1-6H,(H,13,14). The first kappa shape index (κ1) is 8.62. The Bertz CT molecular complexity index is 427. The van der Waals surface area contributed by atoms with E-state index in [4.69, 9.17) is 5.11 Å². The topological polar surface area (TPSA) is 66.7 Å². The number of rotatable bonds is 1. The van der Waals surface area contributed by atoms with Crippen molar-refractivity contribution in [2.24, 2.45) is 10.9 Å². The highest BCUT2D eigenvalue weighted by atomic mass is 16.4. The van der Waals surface area contributed by atoms with E-state index in [9.17, 15) is 9.59 Å². The molecule has 1 aliphatic heterocycles. The number of carbonyl (C=O) groups excluding carboxylic acids is 1. The molecule has 2 rings (SSSR count). The predicted octanol–water partition coefficient (Wildman–Crippen LogP) is 0.721. The number of aliphatic carboxylic acids is 1. The molecular weight excluding hydrogens is 182 g/mol. The number of aliphatic imine (C=N–C) groups is 1. The van der Waals surface area contributed by atoms with E-state index >= 15 is 0 Å². The molecule has 2 aliphatic rings. The van der Waals surface area contributed by atoms with Crippen LogP contribution in [0, 0.1) is 5.92 Å². The molecule has 0 aromatic carbocycles. The number of carboxylic acid groups (broad SMARTS) is 1. The van der Waals surface area contributed by atoms with Crippen LogP contribution in [0.1, 0.15) is 0 Å². The summed E-state index contributed by atoms with van der Waals surface area (Å²) < 4.78 is 0. The molecule has 0 saturated carbocycles. The van der Waals surface area contributed by atoms with Gasteiger partial charge in [-0.25, -0.2) is 9.79 Å². The zero-order chi connectivity index (χ0) is 10.1. The largest absolute Gasteiger partial charge is 0.478 e. The van der Waals surface area contributed by atoms with Crippen LogP contribution in [0.4, 0.5) is 0 Å². The van der Waals surface area contributed by atoms with E-state index in [1.54, 1.807) is 18.2 Å². The lowest BCUT2D eigenvalue weighted by molar-refractivity contribution is -0.132. The van der Waals surface area contributed by atoms with Crippen molar-refractivity contribution >= 4 is 17.6 Å². The number of carboxylic acids is 1. The Balaban J connectivity index is 2.35. The average molecular weight is 189 g/mol. The SMILES string of the molecule is O=C1C=CC2C=C(C(=O)O)C=CC2=N1. The summed E-state index contributed by atoms with van der Waals surface area (Å²) in [5.74, 6) is -1.44. The van der Waals surface area contributed by atoms with Gasteiger partial charge in [0.2, 0.25) is 0 Å².